The molecule has 0 aliphatic rings. The van der Waals surface area contributed by atoms with E-state index in [4.69, 9.17) is 5.73 Å². The molecule has 2 heteroatoms. The summed E-state index contributed by atoms with van der Waals surface area (Å²) in [6.45, 7) is 4.60. The van der Waals surface area contributed by atoms with Crippen LogP contribution in [0, 0.1) is 0 Å². The first-order valence-corrected chi connectivity index (χ1v) is 5.76. The molecule has 2 nitrogen and oxygen atoms in total. The van der Waals surface area contributed by atoms with Crippen molar-refractivity contribution in [2.75, 3.05) is 6.54 Å². The number of hydrogen-bond acceptors (Lipinski definition) is 2. The predicted octanol–water partition coefficient (Wildman–Crippen LogP) is 2.41. The molecule has 0 saturated carbocycles. The maximum atomic E-state index is 5.79. The van der Waals surface area contributed by atoms with Gasteiger partial charge in [-0.05, 0) is 40.6 Å². The van der Waals surface area contributed by atoms with Gasteiger partial charge in [-0.2, -0.15) is 0 Å². The molecule has 0 atom stereocenters. The van der Waals surface area contributed by atoms with Gasteiger partial charge in [-0.15, -0.1) is 0 Å². The van der Waals surface area contributed by atoms with Crippen molar-refractivity contribution < 1.29 is 0 Å². The van der Waals surface area contributed by atoms with Crippen molar-refractivity contribution >= 4 is 10.8 Å². The minimum atomic E-state index is 0.603. The summed E-state index contributed by atoms with van der Waals surface area (Å²) in [5.41, 5.74) is 8.33. The Morgan fingerprint density at radius 2 is 1.69 bits per heavy atom. The van der Waals surface area contributed by atoms with Crippen LogP contribution in [0.15, 0.2) is 36.4 Å². The number of benzene rings is 2. The van der Waals surface area contributed by atoms with Gasteiger partial charge in [0.05, 0.1) is 0 Å². The summed E-state index contributed by atoms with van der Waals surface area (Å²) in [4.78, 5) is 0. The molecule has 2 aromatic carbocycles. The van der Waals surface area contributed by atoms with Gasteiger partial charge in [-0.3, -0.25) is 0 Å². The lowest BCUT2D eigenvalue weighted by Crippen LogP contribution is -2.14. The Labute approximate surface area is 96.5 Å². The fraction of sp³-hybridized carbons (Fsp3) is 0.286. The van der Waals surface area contributed by atoms with Crippen molar-refractivity contribution in [3.8, 4) is 0 Å². The lowest BCUT2D eigenvalue weighted by molar-refractivity contribution is 0.720. The Morgan fingerprint density at radius 1 is 1.06 bits per heavy atom. The van der Waals surface area contributed by atoms with E-state index >= 15 is 0 Å². The van der Waals surface area contributed by atoms with E-state index in [9.17, 15) is 0 Å². The molecule has 0 aliphatic carbocycles. The summed E-state index contributed by atoms with van der Waals surface area (Å²) in [5.74, 6) is 0. The van der Waals surface area contributed by atoms with Crippen LogP contribution in [0.25, 0.3) is 10.8 Å². The number of nitrogens with one attached hydrogen (secondary N) is 1. The van der Waals surface area contributed by atoms with E-state index in [1.54, 1.807) is 0 Å². The van der Waals surface area contributed by atoms with Gasteiger partial charge in [-0.25, -0.2) is 0 Å². The quantitative estimate of drug-likeness (QED) is 0.820. The fourth-order valence-corrected chi connectivity index (χ4v) is 1.95. The smallest absolute Gasteiger partial charge is 0.0208 e. The van der Waals surface area contributed by atoms with Gasteiger partial charge in [0.15, 0.2) is 0 Å². The normalized spacial score (nSPS) is 10.9. The first-order chi connectivity index (χ1) is 7.85. The van der Waals surface area contributed by atoms with Gasteiger partial charge in [0.2, 0.25) is 0 Å². The van der Waals surface area contributed by atoms with Gasteiger partial charge in [-0.1, -0.05) is 31.2 Å². The standard InChI is InChI=1S/C14H18N2/c1-2-16-10-14-8-12-6-4-3-5-11(12)7-13(14)9-15/h3-8,16H,2,9-10,15H2,1H3. The van der Waals surface area contributed by atoms with Gasteiger partial charge in [0, 0.05) is 13.1 Å². The number of fused-ring (bicyclic) bond motifs is 1. The lowest BCUT2D eigenvalue weighted by atomic mass is 10.0. The van der Waals surface area contributed by atoms with E-state index in [-0.39, 0.29) is 0 Å². The van der Waals surface area contributed by atoms with Gasteiger partial charge < -0.3 is 11.1 Å². The molecular formula is C14H18N2. The van der Waals surface area contributed by atoms with E-state index in [0.29, 0.717) is 6.54 Å². The summed E-state index contributed by atoms with van der Waals surface area (Å²) in [5, 5.41) is 5.90. The second-order valence-corrected chi connectivity index (χ2v) is 3.95. The highest BCUT2D eigenvalue weighted by Crippen LogP contribution is 2.19. The Kier molecular flexibility index (Phi) is 3.54. The average Bonchev–Trinajstić information content (AvgIpc) is 2.35. The molecule has 0 saturated heterocycles. The molecule has 0 unspecified atom stereocenters. The highest BCUT2D eigenvalue weighted by atomic mass is 14.8. The third kappa shape index (κ3) is 2.23. The van der Waals surface area contributed by atoms with Crippen molar-refractivity contribution in [2.24, 2.45) is 5.73 Å². The van der Waals surface area contributed by atoms with Crippen LogP contribution in [0.3, 0.4) is 0 Å². The fourth-order valence-electron chi connectivity index (χ4n) is 1.95. The van der Waals surface area contributed by atoms with Crippen LogP contribution in [0.4, 0.5) is 0 Å². The highest BCUT2D eigenvalue weighted by molar-refractivity contribution is 5.84. The van der Waals surface area contributed by atoms with Crippen LogP contribution in [0.2, 0.25) is 0 Å². The lowest BCUT2D eigenvalue weighted by Gasteiger charge is -2.10. The molecule has 0 amide bonds. The zero-order chi connectivity index (χ0) is 11.4. The molecule has 0 aromatic heterocycles. The molecule has 16 heavy (non-hydrogen) atoms. The Bertz CT molecular complexity index is 477. The van der Waals surface area contributed by atoms with Crippen LogP contribution >= 0.6 is 0 Å². The minimum Gasteiger partial charge on any atom is -0.326 e. The molecule has 0 radical (unpaired) electrons. The summed E-state index contributed by atoms with van der Waals surface area (Å²) < 4.78 is 0. The Morgan fingerprint density at radius 3 is 2.25 bits per heavy atom. The van der Waals surface area contributed by atoms with Crippen LogP contribution < -0.4 is 11.1 Å². The molecular weight excluding hydrogens is 196 g/mol. The zero-order valence-electron chi connectivity index (χ0n) is 9.66. The van der Waals surface area contributed by atoms with Crippen LogP contribution in [0.5, 0.6) is 0 Å². The first-order valence-electron chi connectivity index (χ1n) is 5.76. The maximum absolute atomic E-state index is 5.79. The number of hydrogen-bond donors (Lipinski definition) is 2. The van der Waals surface area contributed by atoms with Gasteiger partial charge in [0.1, 0.15) is 0 Å². The summed E-state index contributed by atoms with van der Waals surface area (Å²) in [6, 6.07) is 12.8. The summed E-state index contributed by atoms with van der Waals surface area (Å²) in [6.07, 6.45) is 0. The molecule has 84 valence electrons. The average molecular weight is 214 g/mol. The largest absolute Gasteiger partial charge is 0.326 e. The minimum absolute atomic E-state index is 0.603. The first kappa shape index (κ1) is 11.1. The van der Waals surface area contributed by atoms with Crippen LogP contribution in [-0.4, -0.2) is 6.54 Å². The zero-order valence-corrected chi connectivity index (χ0v) is 9.66. The van der Waals surface area contributed by atoms with Crippen molar-refractivity contribution in [1.29, 1.82) is 0 Å². The second-order valence-electron chi connectivity index (χ2n) is 3.95. The number of rotatable bonds is 4. The van der Waals surface area contributed by atoms with Crippen LogP contribution in [-0.2, 0) is 13.1 Å². The van der Waals surface area contributed by atoms with Gasteiger partial charge >= 0.3 is 0 Å². The van der Waals surface area contributed by atoms with E-state index < -0.39 is 0 Å². The number of nitrogens with two attached hydrogens (primary N) is 1. The Balaban J connectivity index is 2.45. The molecule has 0 spiro atoms. The predicted molar refractivity (Wildman–Crippen MR) is 69.2 cm³/mol. The van der Waals surface area contributed by atoms with Crippen LogP contribution in [0.1, 0.15) is 18.1 Å². The van der Waals surface area contributed by atoms with Crippen molar-refractivity contribution in [3.63, 3.8) is 0 Å². The second kappa shape index (κ2) is 5.10. The molecule has 0 fully saturated rings. The van der Waals surface area contributed by atoms with Crippen molar-refractivity contribution in [3.05, 3.63) is 47.5 Å². The van der Waals surface area contributed by atoms with E-state index in [1.165, 1.54) is 21.9 Å². The molecule has 3 N–H and O–H groups in total. The molecule has 2 rings (SSSR count). The van der Waals surface area contributed by atoms with Crippen molar-refractivity contribution in [1.82, 2.24) is 5.32 Å². The van der Waals surface area contributed by atoms with Crippen molar-refractivity contribution in [2.45, 2.75) is 20.0 Å². The summed E-state index contributed by atoms with van der Waals surface area (Å²) in [7, 11) is 0. The van der Waals surface area contributed by atoms with E-state index in [2.05, 4.69) is 48.6 Å². The van der Waals surface area contributed by atoms with E-state index in [0.717, 1.165) is 13.1 Å². The monoisotopic (exact) mass is 214 g/mol. The topological polar surface area (TPSA) is 38.0 Å². The van der Waals surface area contributed by atoms with E-state index in [1.807, 2.05) is 0 Å². The third-order valence-electron chi connectivity index (χ3n) is 2.85. The molecule has 2 aromatic rings. The highest BCUT2D eigenvalue weighted by Gasteiger charge is 2.02. The Hall–Kier alpha value is -1.38. The molecule has 0 heterocycles. The van der Waals surface area contributed by atoms with Gasteiger partial charge in [0.25, 0.3) is 0 Å². The summed E-state index contributed by atoms with van der Waals surface area (Å²) >= 11 is 0. The molecule has 0 bridgehead atoms. The molecule has 0 aliphatic heterocycles. The SMILES string of the molecule is CCNCc1cc2ccccc2cc1CN. The maximum Gasteiger partial charge on any atom is 0.0208 e. The third-order valence-corrected chi connectivity index (χ3v) is 2.85.